The fourth-order valence-electron chi connectivity index (χ4n) is 2.32. The summed E-state index contributed by atoms with van der Waals surface area (Å²) < 4.78 is 43.2. The van der Waals surface area contributed by atoms with Crippen molar-refractivity contribution in [3.05, 3.63) is 84.1 Å². The lowest BCUT2D eigenvalue weighted by molar-refractivity contribution is 0.0996. The van der Waals surface area contributed by atoms with Crippen molar-refractivity contribution in [1.82, 2.24) is 0 Å². The zero-order valence-electron chi connectivity index (χ0n) is 13.0. The van der Waals surface area contributed by atoms with Gasteiger partial charge in [-0.25, -0.2) is 12.8 Å². The number of carbonyl (C=O) groups excluding carboxylic acids is 1. The van der Waals surface area contributed by atoms with Crippen LogP contribution in [-0.4, -0.2) is 14.3 Å². The number of furan rings is 1. The third-order valence-electron chi connectivity index (χ3n) is 3.48. The molecule has 0 bridgehead atoms. The summed E-state index contributed by atoms with van der Waals surface area (Å²) in [7, 11) is -3.62. The summed E-state index contributed by atoms with van der Waals surface area (Å²) in [5.41, 5.74) is 0.482. The number of hydrogen-bond donors (Lipinski definition) is 1. The molecule has 1 heterocycles. The molecule has 7 heteroatoms. The van der Waals surface area contributed by atoms with Gasteiger partial charge in [-0.1, -0.05) is 24.3 Å². The maximum Gasteiger partial charge on any atom is 0.291 e. The number of rotatable bonds is 5. The fraction of sp³-hybridized carbons (Fsp3) is 0.0556. The van der Waals surface area contributed by atoms with Gasteiger partial charge in [0.1, 0.15) is 5.82 Å². The Balaban J connectivity index is 1.82. The van der Waals surface area contributed by atoms with Gasteiger partial charge in [0.25, 0.3) is 5.91 Å². The van der Waals surface area contributed by atoms with Gasteiger partial charge < -0.3 is 9.73 Å². The Labute approximate surface area is 144 Å². The van der Waals surface area contributed by atoms with Gasteiger partial charge in [-0.05, 0) is 36.4 Å². The Hall–Kier alpha value is -2.93. The summed E-state index contributed by atoms with van der Waals surface area (Å²) in [4.78, 5) is 12.5. The monoisotopic (exact) mass is 359 g/mol. The van der Waals surface area contributed by atoms with Crippen LogP contribution in [0.4, 0.5) is 10.1 Å². The zero-order chi connectivity index (χ0) is 17.9. The van der Waals surface area contributed by atoms with Gasteiger partial charge in [-0.15, -0.1) is 0 Å². The molecule has 0 aliphatic carbocycles. The molecule has 3 aromatic rings. The first-order chi connectivity index (χ1) is 12.0. The molecule has 0 spiro atoms. The Bertz CT molecular complexity index is 997. The molecule has 0 saturated carbocycles. The van der Waals surface area contributed by atoms with Crippen LogP contribution in [0.5, 0.6) is 0 Å². The summed E-state index contributed by atoms with van der Waals surface area (Å²) in [6.07, 6.45) is 1.25. The number of amides is 1. The van der Waals surface area contributed by atoms with E-state index in [0.717, 1.165) is 6.07 Å². The minimum Gasteiger partial charge on any atom is -0.459 e. The molecule has 0 atom stereocenters. The van der Waals surface area contributed by atoms with Gasteiger partial charge in [0, 0.05) is 11.3 Å². The van der Waals surface area contributed by atoms with Crippen LogP contribution in [0.3, 0.4) is 0 Å². The van der Waals surface area contributed by atoms with Crippen LogP contribution in [0.1, 0.15) is 16.1 Å². The van der Waals surface area contributed by atoms with Crippen molar-refractivity contribution < 1.29 is 22.0 Å². The van der Waals surface area contributed by atoms with Crippen molar-refractivity contribution in [2.75, 3.05) is 5.32 Å². The number of nitrogens with one attached hydrogen (secondary N) is 1. The second-order valence-electron chi connectivity index (χ2n) is 5.31. The van der Waals surface area contributed by atoms with Crippen LogP contribution < -0.4 is 5.32 Å². The van der Waals surface area contributed by atoms with E-state index in [9.17, 15) is 17.6 Å². The molecule has 1 aromatic heterocycles. The smallest absolute Gasteiger partial charge is 0.291 e. The van der Waals surface area contributed by atoms with Gasteiger partial charge in [0.2, 0.25) is 0 Å². The van der Waals surface area contributed by atoms with Crippen molar-refractivity contribution >= 4 is 21.4 Å². The van der Waals surface area contributed by atoms with Crippen LogP contribution >= 0.6 is 0 Å². The molecule has 3 rings (SSSR count). The van der Waals surface area contributed by atoms with Gasteiger partial charge in [-0.2, -0.15) is 0 Å². The normalized spacial score (nSPS) is 11.2. The first-order valence-corrected chi connectivity index (χ1v) is 9.02. The minimum atomic E-state index is -3.62. The van der Waals surface area contributed by atoms with E-state index >= 15 is 0 Å². The number of sulfone groups is 1. The lowest BCUT2D eigenvalue weighted by atomic mass is 10.2. The predicted octanol–water partition coefficient (Wildman–Crippen LogP) is 3.64. The average molecular weight is 359 g/mol. The van der Waals surface area contributed by atoms with E-state index in [1.54, 1.807) is 18.2 Å². The summed E-state index contributed by atoms with van der Waals surface area (Å²) in [6, 6.07) is 14.7. The second-order valence-corrected chi connectivity index (χ2v) is 7.30. The third-order valence-corrected chi connectivity index (χ3v) is 5.16. The molecule has 1 amide bonds. The lowest BCUT2D eigenvalue weighted by Gasteiger charge is -2.06. The van der Waals surface area contributed by atoms with Crippen LogP contribution in [-0.2, 0) is 15.6 Å². The molecule has 0 unspecified atom stereocenters. The molecular formula is C18H14FNO4S. The van der Waals surface area contributed by atoms with Crippen molar-refractivity contribution in [3.63, 3.8) is 0 Å². The molecule has 0 fully saturated rings. The predicted molar refractivity (Wildman–Crippen MR) is 90.4 cm³/mol. The Morgan fingerprint density at radius 3 is 2.52 bits per heavy atom. The topological polar surface area (TPSA) is 76.4 Å². The second kappa shape index (κ2) is 6.90. The molecular weight excluding hydrogens is 345 g/mol. The van der Waals surface area contributed by atoms with E-state index in [-0.39, 0.29) is 27.7 Å². The van der Waals surface area contributed by atoms with Gasteiger partial charge in [-0.3, -0.25) is 4.79 Å². The molecule has 5 nitrogen and oxygen atoms in total. The summed E-state index contributed by atoms with van der Waals surface area (Å²) in [5.74, 6) is -1.64. The van der Waals surface area contributed by atoms with E-state index in [2.05, 4.69) is 5.32 Å². The number of halogens is 1. The Morgan fingerprint density at radius 1 is 1.04 bits per heavy atom. The van der Waals surface area contributed by atoms with Crippen LogP contribution in [0, 0.1) is 5.82 Å². The number of benzene rings is 2. The summed E-state index contributed by atoms with van der Waals surface area (Å²) >= 11 is 0. The Kier molecular flexibility index (Phi) is 4.67. The van der Waals surface area contributed by atoms with Crippen LogP contribution in [0.2, 0.25) is 0 Å². The molecule has 0 saturated heterocycles. The van der Waals surface area contributed by atoms with Crippen molar-refractivity contribution in [1.29, 1.82) is 0 Å². The quantitative estimate of drug-likeness (QED) is 0.754. The number of anilines is 1. The van der Waals surface area contributed by atoms with E-state index in [1.165, 1.54) is 42.7 Å². The molecule has 2 aromatic carbocycles. The molecule has 0 aliphatic heterocycles. The SMILES string of the molecule is O=C(Nc1cccc(F)c1)c1occc1CS(=O)(=O)c1ccccc1. The molecule has 0 radical (unpaired) electrons. The number of hydrogen-bond acceptors (Lipinski definition) is 4. The van der Waals surface area contributed by atoms with Gasteiger partial charge >= 0.3 is 0 Å². The third kappa shape index (κ3) is 3.95. The van der Waals surface area contributed by atoms with Crippen molar-refractivity contribution in [2.45, 2.75) is 10.6 Å². The van der Waals surface area contributed by atoms with Gasteiger partial charge in [0.05, 0.1) is 16.9 Å². The zero-order valence-corrected chi connectivity index (χ0v) is 13.8. The van der Waals surface area contributed by atoms with Crippen LogP contribution in [0.15, 0.2) is 76.2 Å². The maximum atomic E-state index is 13.2. The van der Waals surface area contributed by atoms with Crippen LogP contribution in [0.25, 0.3) is 0 Å². The van der Waals surface area contributed by atoms with Crippen molar-refractivity contribution in [2.24, 2.45) is 0 Å². The summed E-state index contributed by atoms with van der Waals surface area (Å²) in [6.45, 7) is 0. The highest BCUT2D eigenvalue weighted by Gasteiger charge is 2.22. The summed E-state index contributed by atoms with van der Waals surface area (Å²) in [5, 5.41) is 2.48. The maximum absolute atomic E-state index is 13.2. The highest BCUT2D eigenvalue weighted by molar-refractivity contribution is 7.90. The fourth-order valence-corrected chi connectivity index (χ4v) is 3.69. The van der Waals surface area contributed by atoms with E-state index < -0.39 is 21.6 Å². The number of carbonyl (C=O) groups is 1. The minimum absolute atomic E-state index is 0.122. The Morgan fingerprint density at radius 2 is 1.80 bits per heavy atom. The van der Waals surface area contributed by atoms with E-state index in [4.69, 9.17) is 4.42 Å². The van der Waals surface area contributed by atoms with E-state index in [1.807, 2.05) is 0 Å². The molecule has 128 valence electrons. The highest BCUT2D eigenvalue weighted by atomic mass is 32.2. The van der Waals surface area contributed by atoms with E-state index in [0.29, 0.717) is 0 Å². The average Bonchev–Trinajstić information content (AvgIpc) is 3.03. The lowest BCUT2D eigenvalue weighted by Crippen LogP contribution is -2.14. The highest BCUT2D eigenvalue weighted by Crippen LogP contribution is 2.21. The van der Waals surface area contributed by atoms with Gasteiger partial charge in [0.15, 0.2) is 15.6 Å². The molecule has 25 heavy (non-hydrogen) atoms. The van der Waals surface area contributed by atoms with Crippen molar-refractivity contribution in [3.8, 4) is 0 Å². The molecule has 0 aliphatic rings. The molecule has 1 N–H and O–H groups in total. The largest absolute Gasteiger partial charge is 0.459 e. The first-order valence-electron chi connectivity index (χ1n) is 7.37. The first kappa shape index (κ1) is 16.9. The standard InChI is InChI=1S/C18H14FNO4S/c19-14-5-4-6-15(11-14)20-18(21)17-13(9-10-24-17)12-25(22,23)16-7-2-1-3-8-16/h1-11H,12H2,(H,20,21).